The van der Waals surface area contributed by atoms with Gasteiger partial charge in [-0.25, -0.2) is 0 Å². The third-order valence-electron chi connectivity index (χ3n) is 11.8. The minimum Gasteiger partial charge on any atom is -0.459 e. The molecule has 0 heterocycles. The number of carbonyl (C=O) groups excluding carboxylic acids is 2. The summed E-state index contributed by atoms with van der Waals surface area (Å²) in [5.74, 6) is 3.31. The molecule has 0 aromatic carbocycles. The Morgan fingerprint density at radius 2 is 1.72 bits per heavy atom. The van der Waals surface area contributed by atoms with Crippen LogP contribution >= 0.6 is 0 Å². The van der Waals surface area contributed by atoms with E-state index in [0.717, 1.165) is 49.9 Å². The number of hydrogen-bond donors (Lipinski definition) is 2. The van der Waals surface area contributed by atoms with Crippen LogP contribution < -0.4 is 5.32 Å². The number of esters is 1. The van der Waals surface area contributed by atoms with Crippen molar-refractivity contribution in [2.45, 2.75) is 137 Å². The first-order valence-corrected chi connectivity index (χ1v) is 15.0. The lowest BCUT2D eigenvalue weighted by atomic mass is 9.41. The van der Waals surface area contributed by atoms with Gasteiger partial charge in [0.05, 0.1) is 6.04 Å². The van der Waals surface area contributed by atoms with Gasteiger partial charge in [-0.15, -0.1) is 0 Å². The fourth-order valence-electron chi connectivity index (χ4n) is 10.2. The van der Waals surface area contributed by atoms with Gasteiger partial charge in [0, 0.05) is 19.3 Å². The highest BCUT2D eigenvalue weighted by atomic mass is 16.6. The fourth-order valence-corrected chi connectivity index (χ4v) is 10.2. The summed E-state index contributed by atoms with van der Waals surface area (Å²) in [6.45, 7) is 14.9. The maximum Gasteiger partial charge on any atom is 0.303 e. The minimum absolute atomic E-state index is 0.123. The predicted octanol–water partition coefficient (Wildman–Crippen LogP) is 6.27. The minimum atomic E-state index is -1.22. The summed E-state index contributed by atoms with van der Waals surface area (Å²) in [7, 11) is 0. The van der Waals surface area contributed by atoms with E-state index in [9.17, 15) is 14.7 Å². The molecule has 0 spiro atoms. The zero-order valence-corrected chi connectivity index (χ0v) is 24.1. The van der Waals surface area contributed by atoms with Crippen LogP contribution in [0.3, 0.4) is 0 Å². The standard InChI is InChI=1S/C31H53NO4/c1-19(2)10-8-11-20(3)24-13-14-25-23-18-28(36-22(5)34)31(35)27(32-21(4)33)12-9-16-30(31,7)26(23)15-17-29(24,25)6/h19-20,23-28,35H,8-18H2,1-7H3,(H,32,33)/t20-,23-,24-,25-,26-,27+,28-,29-,30-,31-/m1/s1. The van der Waals surface area contributed by atoms with Crippen LogP contribution in [0.5, 0.6) is 0 Å². The first-order chi connectivity index (χ1) is 16.8. The van der Waals surface area contributed by atoms with Crippen molar-refractivity contribution in [1.82, 2.24) is 5.32 Å². The van der Waals surface area contributed by atoms with Crippen molar-refractivity contribution in [2.75, 3.05) is 0 Å². The van der Waals surface area contributed by atoms with Crippen molar-refractivity contribution >= 4 is 11.9 Å². The Morgan fingerprint density at radius 3 is 2.36 bits per heavy atom. The van der Waals surface area contributed by atoms with Gasteiger partial charge < -0.3 is 15.2 Å². The van der Waals surface area contributed by atoms with Gasteiger partial charge in [0.15, 0.2) is 0 Å². The van der Waals surface area contributed by atoms with E-state index in [4.69, 9.17) is 4.74 Å². The van der Waals surface area contributed by atoms with Gasteiger partial charge in [0.25, 0.3) is 0 Å². The number of nitrogens with one attached hydrogen (secondary N) is 1. The maximum atomic E-state index is 12.5. The van der Waals surface area contributed by atoms with Crippen LogP contribution in [0.4, 0.5) is 0 Å². The first-order valence-electron chi connectivity index (χ1n) is 15.0. The lowest BCUT2D eigenvalue weighted by Crippen LogP contribution is -2.75. The Bertz CT molecular complexity index is 827. The van der Waals surface area contributed by atoms with Crippen molar-refractivity contribution < 1.29 is 19.4 Å². The smallest absolute Gasteiger partial charge is 0.303 e. The van der Waals surface area contributed by atoms with Crippen LogP contribution in [-0.4, -0.2) is 34.7 Å². The van der Waals surface area contributed by atoms with Gasteiger partial charge in [-0.2, -0.15) is 0 Å². The van der Waals surface area contributed by atoms with Crippen LogP contribution in [0.15, 0.2) is 0 Å². The Morgan fingerprint density at radius 1 is 1.00 bits per heavy atom. The highest BCUT2D eigenvalue weighted by Crippen LogP contribution is 2.69. The summed E-state index contributed by atoms with van der Waals surface area (Å²) >= 11 is 0. The Labute approximate surface area is 219 Å². The maximum absolute atomic E-state index is 12.5. The van der Waals surface area contributed by atoms with Crippen molar-refractivity contribution in [3.8, 4) is 0 Å². The second kappa shape index (κ2) is 10.2. The van der Waals surface area contributed by atoms with Crippen LogP contribution in [0.25, 0.3) is 0 Å². The molecular formula is C31H53NO4. The number of amides is 1. The quantitative estimate of drug-likeness (QED) is 0.402. The number of aliphatic hydroxyl groups is 1. The van der Waals surface area contributed by atoms with Crippen molar-refractivity contribution in [3.05, 3.63) is 0 Å². The molecule has 5 heteroatoms. The molecule has 0 unspecified atom stereocenters. The SMILES string of the molecule is CC(=O)N[C@H]1CCC[C@]2(C)[C@@H]3CC[C@@]4(C)[C@H](CC[C@@H]4[C@H](C)CCCC(C)C)[C@H]3C[C@@H](OC(C)=O)[C@]12O. The highest BCUT2D eigenvalue weighted by molar-refractivity contribution is 5.73. The van der Waals surface area contributed by atoms with E-state index in [0.29, 0.717) is 23.2 Å². The van der Waals surface area contributed by atoms with Crippen LogP contribution in [0.2, 0.25) is 0 Å². The molecule has 4 fully saturated rings. The van der Waals surface area contributed by atoms with E-state index in [1.807, 2.05) is 0 Å². The molecule has 1 amide bonds. The summed E-state index contributed by atoms with van der Waals surface area (Å²) in [5.41, 5.74) is -1.26. The van der Waals surface area contributed by atoms with Crippen LogP contribution in [-0.2, 0) is 14.3 Å². The Hall–Kier alpha value is -1.10. The number of hydrogen-bond acceptors (Lipinski definition) is 4. The average molecular weight is 504 g/mol. The van der Waals surface area contributed by atoms with Gasteiger partial charge in [0.2, 0.25) is 5.91 Å². The number of rotatable bonds is 7. The van der Waals surface area contributed by atoms with E-state index < -0.39 is 11.7 Å². The Balaban J connectivity index is 1.63. The first kappa shape index (κ1) is 27.9. The van der Waals surface area contributed by atoms with E-state index >= 15 is 0 Å². The molecule has 4 aliphatic carbocycles. The molecule has 4 rings (SSSR count). The molecule has 0 radical (unpaired) electrons. The van der Waals surface area contributed by atoms with E-state index in [1.165, 1.54) is 52.4 Å². The Kier molecular flexibility index (Phi) is 7.93. The molecule has 0 saturated heterocycles. The molecule has 4 saturated carbocycles. The highest BCUT2D eigenvalue weighted by Gasteiger charge is 2.70. The monoisotopic (exact) mass is 503 g/mol. The van der Waals surface area contributed by atoms with Gasteiger partial charge in [-0.1, -0.05) is 60.3 Å². The van der Waals surface area contributed by atoms with Gasteiger partial charge in [-0.05, 0) is 85.9 Å². The molecule has 2 N–H and O–H groups in total. The van der Waals surface area contributed by atoms with Crippen molar-refractivity contribution in [2.24, 2.45) is 46.3 Å². The fraction of sp³-hybridized carbons (Fsp3) is 0.935. The molecular weight excluding hydrogens is 450 g/mol. The molecule has 0 bridgehead atoms. The lowest BCUT2D eigenvalue weighted by Gasteiger charge is -2.66. The largest absolute Gasteiger partial charge is 0.459 e. The molecule has 36 heavy (non-hydrogen) atoms. The van der Waals surface area contributed by atoms with Gasteiger partial charge in [0.1, 0.15) is 11.7 Å². The van der Waals surface area contributed by atoms with Gasteiger partial charge >= 0.3 is 5.97 Å². The van der Waals surface area contributed by atoms with Gasteiger partial charge in [-0.3, -0.25) is 9.59 Å². The zero-order valence-electron chi connectivity index (χ0n) is 24.1. The van der Waals surface area contributed by atoms with Crippen molar-refractivity contribution in [3.63, 3.8) is 0 Å². The molecule has 10 atom stereocenters. The lowest BCUT2D eigenvalue weighted by molar-refractivity contribution is -0.268. The third-order valence-corrected chi connectivity index (χ3v) is 11.8. The number of ether oxygens (including phenoxy) is 1. The molecule has 0 aliphatic heterocycles. The summed E-state index contributed by atoms with van der Waals surface area (Å²) in [5, 5.41) is 15.6. The van der Waals surface area contributed by atoms with E-state index in [1.54, 1.807) is 0 Å². The summed E-state index contributed by atoms with van der Waals surface area (Å²) in [4.78, 5) is 24.4. The average Bonchev–Trinajstić information content (AvgIpc) is 3.12. The molecule has 0 aromatic heterocycles. The second-order valence-corrected chi connectivity index (χ2v) is 14.1. The molecule has 5 nitrogen and oxygen atoms in total. The van der Waals surface area contributed by atoms with Crippen LogP contribution in [0, 0.1) is 46.3 Å². The van der Waals surface area contributed by atoms with Crippen molar-refractivity contribution in [1.29, 1.82) is 0 Å². The third kappa shape index (κ3) is 4.54. The summed E-state index contributed by atoms with van der Waals surface area (Å²) < 4.78 is 5.98. The molecule has 0 aromatic rings. The normalized spacial score (nSPS) is 44.8. The second-order valence-electron chi connectivity index (χ2n) is 14.1. The molecule has 206 valence electrons. The van der Waals surface area contributed by atoms with E-state index in [-0.39, 0.29) is 23.3 Å². The number of carbonyl (C=O) groups is 2. The zero-order chi connectivity index (χ0) is 26.5. The van der Waals surface area contributed by atoms with Crippen LogP contribution in [0.1, 0.15) is 119 Å². The number of fused-ring (bicyclic) bond motifs is 5. The predicted molar refractivity (Wildman–Crippen MR) is 143 cm³/mol. The summed E-state index contributed by atoms with van der Waals surface area (Å²) in [6.07, 6.45) is 11.7. The molecule has 4 aliphatic rings. The summed E-state index contributed by atoms with van der Waals surface area (Å²) in [6, 6.07) is -0.371. The topological polar surface area (TPSA) is 75.6 Å². The van der Waals surface area contributed by atoms with E-state index in [2.05, 4.69) is 39.9 Å².